The number of hydrogen-bond acceptors (Lipinski definition) is 5. The van der Waals surface area contributed by atoms with Crippen LogP contribution in [0.15, 0.2) is 42.5 Å². The average Bonchev–Trinajstić information content (AvgIpc) is 2.86. The SMILES string of the molecule is CC[C@@H](C(=O)NCC(C)C)N(Cc1cccc(OC)c1)C(=O)CCCN(c1cc(Cl)ccc1Cl)S(C)(=O)=O. The predicted octanol–water partition coefficient (Wildman–Crippen LogP) is 5.13. The summed E-state index contributed by atoms with van der Waals surface area (Å²) in [6, 6.07) is 11.2. The molecule has 0 saturated heterocycles. The van der Waals surface area contributed by atoms with Crippen LogP contribution >= 0.6 is 23.2 Å². The first-order valence-corrected chi connectivity index (χ1v) is 15.1. The minimum Gasteiger partial charge on any atom is -0.497 e. The lowest BCUT2D eigenvalue weighted by atomic mass is 10.1. The Morgan fingerprint density at radius 1 is 1.11 bits per heavy atom. The second-order valence-electron chi connectivity index (χ2n) is 9.47. The van der Waals surface area contributed by atoms with Crippen molar-refractivity contribution in [1.82, 2.24) is 10.2 Å². The molecule has 2 aromatic carbocycles. The lowest BCUT2D eigenvalue weighted by Crippen LogP contribution is -2.49. The summed E-state index contributed by atoms with van der Waals surface area (Å²) in [6.45, 7) is 6.59. The van der Waals surface area contributed by atoms with Crippen LogP contribution in [0.4, 0.5) is 5.69 Å². The molecule has 0 fully saturated rings. The van der Waals surface area contributed by atoms with Crippen molar-refractivity contribution in [3.05, 3.63) is 58.1 Å². The van der Waals surface area contributed by atoms with Crippen LogP contribution in [0, 0.1) is 5.92 Å². The molecular weight excluding hydrogens is 549 g/mol. The van der Waals surface area contributed by atoms with E-state index >= 15 is 0 Å². The highest BCUT2D eigenvalue weighted by atomic mass is 35.5. The van der Waals surface area contributed by atoms with Crippen LogP contribution in [0.25, 0.3) is 0 Å². The number of rotatable bonds is 14. The molecule has 0 aliphatic rings. The zero-order chi connectivity index (χ0) is 28.5. The lowest BCUT2D eigenvalue weighted by molar-refractivity contribution is -0.141. The van der Waals surface area contributed by atoms with Crippen LogP contribution in [0.2, 0.25) is 10.0 Å². The van der Waals surface area contributed by atoms with Gasteiger partial charge in [-0.15, -0.1) is 0 Å². The van der Waals surface area contributed by atoms with Gasteiger partial charge >= 0.3 is 0 Å². The molecule has 0 unspecified atom stereocenters. The summed E-state index contributed by atoms with van der Waals surface area (Å²) in [7, 11) is -2.13. The Labute approximate surface area is 236 Å². The van der Waals surface area contributed by atoms with Crippen LogP contribution in [-0.4, -0.2) is 57.6 Å². The van der Waals surface area contributed by atoms with Crippen LogP contribution in [0.1, 0.15) is 45.6 Å². The number of nitrogens with zero attached hydrogens (tertiary/aromatic N) is 2. The minimum absolute atomic E-state index is 0.0218. The number of carbonyl (C=O) groups is 2. The van der Waals surface area contributed by atoms with E-state index in [9.17, 15) is 18.0 Å². The molecule has 0 aromatic heterocycles. The van der Waals surface area contributed by atoms with E-state index in [1.165, 1.54) is 12.1 Å². The summed E-state index contributed by atoms with van der Waals surface area (Å²) in [5.41, 5.74) is 1.07. The van der Waals surface area contributed by atoms with Crippen molar-refractivity contribution in [3.63, 3.8) is 0 Å². The standard InChI is InChI=1S/C27H37Cl2N3O5S/c1-6-24(27(34)30-17-19(2)3)31(18-20-9-7-10-22(15-20)37-4)26(33)11-8-14-32(38(5,35)36)25-16-21(28)12-13-23(25)29/h7,9-10,12-13,15-16,19,24H,6,8,11,14,17-18H2,1-5H3,(H,30,34)/t24-/m0/s1. The van der Waals surface area contributed by atoms with Gasteiger partial charge in [0.15, 0.2) is 0 Å². The molecule has 8 nitrogen and oxygen atoms in total. The van der Waals surface area contributed by atoms with Crippen molar-refractivity contribution in [2.24, 2.45) is 5.92 Å². The van der Waals surface area contributed by atoms with Crippen molar-refractivity contribution < 1.29 is 22.7 Å². The molecule has 38 heavy (non-hydrogen) atoms. The van der Waals surface area contributed by atoms with Crippen LogP contribution < -0.4 is 14.4 Å². The molecule has 210 valence electrons. The first kappa shape index (κ1) is 31.7. The smallest absolute Gasteiger partial charge is 0.242 e. The van der Waals surface area contributed by atoms with Gasteiger partial charge in [-0.1, -0.05) is 56.1 Å². The van der Waals surface area contributed by atoms with Gasteiger partial charge in [0.1, 0.15) is 11.8 Å². The van der Waals surface area contributed by atoms with Crippen molar-refractivity contribution in [1.29, 1.82) is 0 Å². The molecule has 2 aromatic rings. The van der Waals surface area contributed by atoms with E-state index in [0.29, 0.717) is 23.7 Å². The number of sulfonamides is 1. The maximum Gasteiger partial charge on any atom is 0.242 e. The third-order valence-electron chi connectivity index (χ3n) is 5.89. The maximum atomic E-state index is 13.5. The van der Waals surface area contributed by atoms with Gasteiger partial charge in [-0.05, 0) is 54.7 Å². The number of benzene rings is 2. The summed E-state index contributed by atoms with van der Waals surface area (Å²) in [5.74, 6) is 0.430. The number of ether oxygens (including phenoxy) is 1. The van der Waals surface area contributed by atoms with Gasteiger partial charge in [0.05, 0.1) is 24.1 Å². The highest BCUT2D eigenvalue weighted by molar-refractivity contribution is 7.92. The van der Waals surface area contributed by atoms with E-state index in [1.807, 2.05) is 45.0 Å². The largest absolute Gasteiger partial charge is 0.497 e. The second kappa shape index (κ2) is 14.6. The summed E-state index contributed by atoms with van der Waals surface area (Å²) in [4.78, 5) is 28.2. The number of nitrogens with one attached hydrogen (secondary N) is 1. The summed E-state index contributed by atoms with van der Waals surface area (Å²) >= 11 is 12.3. The van der Waals surface area contributed by atoms with Gasteiger partial charge in [0, 0.05) is 31.1 Å². The second-order valence-corrected chi connectivity index (χ2v) is 12.2. The van der Waals surface area contributed by atoms with Gasteiger partial charge in [0.25, 0.3) is 0 Å². The Morgan fingerprint density at radius 2 is 1.82 bits per heavy atom. The molecule has 2 amide bonds. The number of hydrogen-bond donors (Lipinski definition) is 1. The molecule has 0 heterocycles. The highest BCUT2D eigenvalue weighted by Gasteiger charge is 2.29. The van der Waals surface area contributed by atoms with Gasteiger partial charge in [-0.25, -0.2) is 8.42 Å². The molecular formula is C27H37Cl2N3O5S. The monoisotopic (exact) mass is 585 g/mol. The van der Waals surface area contributed by atoms with Crippen molar-refractivity contribution in [2.45, 2.75) is 52.6 Å². The van der Waals surface area contributed by atoms with Gasteiger partial charge in [-0.3, -0.25) is 13.9 Å². The topological polar surface area (TPSA) is 96.0 Å². The number of halogens is 2. The van der Waals surface area contributed by atoms with E-state index in [1.54, 1.807) is 18.1 Å². The minimum atomic E-state index is -3.69. The highest BCUT2D eigenvalue weighted by Crippen LogP contribution is 2.31. The van der Waals surface area contributed by atoms with E-state index in [2.05, 4.69) is 5.32 Å². The molecule has 0 aliphatic heterocycles. The molecule has 0 saturated carbocycles. The van der Waals surface area contributed by atoms with E-state index in [0.717, 1.165) is 16.1 Å². The summed E-state index contributed by atoms with van der Waals surface area (Å²) < 4.78 is 31.5. The molecule has 1 N–H and O–H groups in total. The van der Waals surface area contributed by atoms with E-state index in [-0.39, 0.29) is 54.4 Å². The first-order chi connectivity index (χ1) is 17.9. The Morgan fingerprint density at radius 3 is 2.42 bits per heavy atom. The van der Waals surface area contributed by atoms with Gasteiger partial charge in [-0.2, -0.15) is 0 Å². The average molecular weight is 587 g/mol. The van der Waals surface area contributed by atoms with E-state index in [4.69, 9.17) is 27.9 Å². The van der Waals surface area contributed by atoms with Crippen LogP contribution in [-0.2, 0) is 26.2 Å². The predicted molar refractivity (Wildman–Crippen MR) is 153 cm³/mol. The Kier molecular flexibility index (Phi) is 12.2. The molecule has 2 rings (SSSR count). The molecule has 0 bridgehead atoms. The number of anilines is 1. The first-order valence-electron chi connectivity index (χ1n) is 12.5. The summed E-state index contributed by atoms with van der Waals surface area (Å²) in [5, 5.41) is 3.51. The fourth-order valence-electron chi connectivity index (χ4n) is 3.97. The normalized spacial score (nSPS) is 12.2. The summed E-state index contributed by atoms with van der Waals surface area (Å²) in [6.07, 6.45) is 1.75. The zero-order valence-corrected chi connectivity index (χ0v) is 24.9. The fourth-order valence-corrected chi connectivity index (χ4v) is 5.37. The quantitative estimate of drug-likeness (QED) is 0.331. The van der Waals surface area contributed by atoms with Crippen molar-refractivity contribution in [2.75, 3.05) is 30.8 Å². The number of methoxy groups -OCH3 is 1. The zero-order valence-electron chi connectivity index (χ0n) is 22.5. The van der Waals surface area contributed by atoms with Crippen molar-refractivity contribution in [3.8, 4) is 5.75 Å². The third kappa shape index (κ3) is 9.36. The molecule has 1 atom stereocenters. The van der Waals surface area contributed by atoms with Gasteiger partial charge < -0.3 is 15.0 Å². The third-order valence-corrected chi connectivity index (χ3v) is 7.62. The molecule has 0 aliphatic carbocycles. The van der Waals surface area contributed by atoms with Crippen molar-refractivity contribution >= 4 is 50.7 Å². The van der Waals surface area contributed by atoms with Crippen LogP contribution in [0.5, 0.6) is 5.75 Å². The molecule has 11 heteroatoms. The number of carbonyl (C=O) groups excluding carboxylic acids is 2. The van der Waals surface area contributed by atoms with Gasteiger partial charge in [0.2, 0.25) is 21.8 Å². The molecule has 0 spiro atoms. The Balaban J connectivity index is 2.26. The number of amides is 2. The fraction of sp³-hybridized carbons (Fsp3) is 0.481. The maximum absolute atomic E-state index is 13.5. The Hall–Kier alpha value is -2.49. The lowest BCUT2D eigenvalue weighted by Gasteiger charge is -2.31. The Bertz CT molecular complexity index is 1210. The van der Waals surface area contributed by atoms with E-state index < -0.39 is 16.1 Å². The van der Waals surface area contributed by atoms with Crippen LogP contribution in [0.3, 0.4) is 0 Å². The molecule has 0 radical (unpaired) electrons.